The zero-order valence-electron chi connectivity index (χ0n) is 10.5. The zero-order chi connectivity index (χ0) is 12.3. The molecule has 1 heterocycles. The van der Waals surface area contributed by atoms with E-state index in [0.717, 1.165) is 36.0 Å². The maximum atomic E-state index is 5.83. The molecule has 0 saturated carbocycles. The molecule has 1 aromatic rings. The summed E-state index contributed by atoms with van der Waals surface area (Å²) in [5, 5.41) is 3.25. The molecule has 4 heteroatoms. The average molecular weight is 234 g/mol. The molecule has 0 bridgehead atoms. The van der Waals surface area contributed by atoms with E-state index in [-0.39, 0.29) is 6.10 Å². The van der Waals surface area contributed by atoms with Gasteiger partial charge in [-0.15, -0.1) is 0 Å². The maximum Gasteiger partial charge on any atom is 0.172 e. The maximum absolute atomic E-state index is 5.83. The number of benzene rings is 1. The van der Waals surface area contributed by atoms with Crippen molar-refractivity contribution in [2.24, 2.45) is 4.99 Å². The van der Waals surface area contributed by atoms with Gasteiger partial charge < -0.3 is 14.8 Å². The highest BCUT2D eigenvalue weighted by Gasteiger charge is 2.18. The average Bonchev–Trinajstić information content (AvgIpc) is 2.82. The van der Waals surface area contributed by atoms with Crippen LogP contribution in [0.15, 0.2) is 23.2 Å². The quantitative estimate of drug-likeness (QED) is 0.864. The van der Waals surface area contributed by atoms with Crippen LogP contribution in [0.25, 0.3) is 0 Å². The van der Waals surface area contributed by atoms with E-state index < -0.39 is 0 Å². The van der Waals surface area contributed by atoms with Crippen molar-refractivity contribution in [1.29, 1.82) is 0 Å². The minimum Gasteiger partial charge on any atom is -0.493 e. The number of hydrogen-bond donors (Lipinski definition) is 1. The highest BCUT2D eigenvalue weighted by molar-refractivity contribution is 6.02. The van der Waals surface area contributed by atoms with E-state index in [2.05, 4.69) is 10.3 Å². The van der Waals surface area contributed by atoms with E-state index in [0.29, 0.717) is 0 Å². The Kier molecular flexibility index (Phi) is 3.52. The Bertz CT molecular complexity index is 427. The number of methoxy groups -OCH3 is 1. The van der Waals surface area contributed by atoms with Gasteiger partial charge in [-0.25, -0.2) is 0 Å². The molecule has 0 fully saturated rings. The molecule has 17 heavy (non-hydrogen) atoms. The molecular weight excluding hydrogens is 216 g/mol. The van der Waals surface area contributed by atoms with Gasteiger partial charge in [-0.05, 0) is 26.0 Å². The van der Waals surface area contributed by atoms with Gasteiger partial charge in [0.2, 0.25) is 0 Å². The SMILES string of the molecule is COc1cccc(C2=NCCN2)c1OC(C)C. The molecule has 0 spiro atoms. The van der Waals surface area contributed by atoms with E-state index in [1.807, 2.05) is 32.0 Å². The molecule has 0 atom stereocenters. The molecule has 0 amide bonds. The number of amidine groups is 1. The van der Waals surface area contributed by atoms with Crippen LogP contribution in [0.4, 0.5) is 0 Å². The predicted octanol–water partition coefficient (Wildman–Crippen LogP) is 1.83. The van der Waals surface area contributed by atoms with Crippen LogP contribution in [0.2, 0.25) is 0 Å². The summed E-state index contributed by atoms with van der Waals surface area (Å²) in [4.78, 5) is 4.42. The summed E-state index contributed by atoms with van der Waals surface area (Å²) in [6, 6.07) is 5.85. The minimum atomic E-state index is 0.104. The fourth-order valence-electron chi connectivity index (χ4n) is 1.80. The standard InChI is InChI=1S/C13H18N2O2/c1-9(2)17-12-10(13-14-7-8-15-13)5-4-6-11(12)16-3/h4-6,9H,7-8H2,1-3H3,(H,14,15). The second-order valence-corrected chi connectivity index (χ2v) is 4.16. The van der Waals surface area contributed by atoms with Crippen LogP contribution < -0.4 is 14.8 Å². The molecule has 0 aromatic heterocycles. The van der Waals surface area contributed by atoms with Crippen molar-refractivity contribution in [2.45, 2.75) is 20.0 Å². The van der Waals surface area contributed by atoms with E-state index in [1.54, 1.807) is 7.11 Å². The van der Waals surface area contributed by atoms with Crippen LogP contribution in [0, 0.1) is 0 Å². The van der Waals surface area contributed by atoms with E-state index >= 15 is 0 Å². The van der Waals surface area contributed by atoms with Gasteiger partial charge in [0.25, 0.3) is 0 Å². The van der Waals surface area contributed by atoms with Crippen molar-refractivity contribution in [2.75, 3.05) is 20.2 Å². The second kappa shape index (κ2) is 5.08. The third kappa shape index (κ3) is 2.52. The van der Waals surface area contributed by atoms with Crippen LogP contribution >= 0.6 is 0 Å². The van der Waals surface area contributed by atoms with E-state index in [1.165, 1.54) is 0 Å². The van der Waals surface area contributed by atoms with E-state index in [4.69, 9.17) is 9.47 Å². The van der Waals surface area contributed by atoms with Crippen molar-refractivity contribution in [3.05, 3.63) is 23.8 Å². The van der Waals surface area contributed by atoms with Gasteiger partial charge in [0, 0.05) is 6.54 Å². The van der Waals surface area contributed by atoms with Crippen molar-refractivity contribution in [1.82, 2.24) is 5.32 Å². The smallest absolute Gasteiger partial charge is 0.172 e. The molecule has 1 N–H and O–H groups in total. The number of aliphatic imine (C=N–C) groups is 1. The molecule has 92 valence electrons. The van der Waals surface area contributed by atoms with Gasteiger partial charge in [-0.1, -0.05) is 6.07 Å². The number of nitrogens with one attached hydrogen (secondary N) is 1. The summed E-state index contributed by atoms with van der Waals surface area (Å²) in [6.07, 6.45) is 0.104. The normalized spacial score (nSPS) is 14.5. The van der Waals surface area contributed by atoms with Crippen molar-refractivity contribution < 1.29 is 9.47 Å². The van der Waals surface area contributed by atoms with Gasteiger partial charge in [-0.3, -0.25) is 4.99 Å². The highest BCUT2D eigenvalue weighted by atomic mass is 16.5. The van der Waals surface area contributed by atoms with Gasteiger partial charge >= 0.3 is 0 Å². The van der Waals surface area contributed by atoms with Crippen molar-refractivity contribution in [3.8, 4) is 11.5 Å². The third-order valence-electron chi connectivity index (χ3n) is 2.48. The first-order valence-electron chi connectivity index (χ1n) is 5.84. The third-order valence-corrected chi connectivity index (χ3v) is 2.48. The lowest BCUT2D eigenvalue weighted by Crippen LogP contribution is -2.21. The Hall–Kier alpha value is -1.71. The molecule has 1 aliphatic heterocycles. The summed E-state index contributed by atoms with van der Waals surface area (Å²) in [5.74, 6) is 2.39. The lowest BCUT2D eigenvalue weighted by molar-refractivity contribution is 0.229. The van der Waals surface area contributed by atoms with Crippen LogP contribution in [0.5, 0.6) is 11.5 Å². The Morgan fingerprint density at radius 3 is 2.76 bits per heavy atom. The number of nitrogens with zero attached hydrogens (tertiary/aromatic N) is 1. The first-order chi connectivity index (χ1) is 8.22. The largest absolute Gasteiger partial charge is 0.493 e. The van der Waals surface area contributed by atoms with Crippen molar-refractivity contribution >= 4 is 5.84 Å². The molecule has 0 unspecified atom stereocenters. The minimum absolute atomic E-state index is 0.104. The van der Waals surface area contributed by atoms with E-state index in [9.17, 15) is 0 Å². The van der Waals surface area contributed by atoms with Gasteiger partial charge in [-0.2, -0.15) is 0 Å². The zero-order valence-corrected chi connectivity index (χ0v) is 10.5. The molecule has 4 nitrogen and oxygen atoms in total. The lowest BCUT2D eigenvalue weighted by atomic mass is 10.1. The number of para-hydroxylation sites is 1. The second-order valence-electron chi connectivity index (χ2n) is 4.16. The highest BCUT2D eigenvalue weighted by Crippen LogP contribution is 2.32. The predicted molar refractivity (Wildman–Crippen MR) is 68.2 cm³/mol. The number of hydrogen-bond acceptors (Lipinski definition) is 4. The monoisotopic (exact) mass is 234 g/mol. The summed E-state index contributed by atoms with van der Waals surface area (Å²) >= 11 is 0. The van der Waals surface area contributed by atoms with Gasteiger partial charge in [0.05, 0.1) is 25.3 Å². The summed E-state index contributed by atoms with van der Waals surface area (Å²) < 4.78 is 11.2. The van der Waals surface area contributed by atoms with Crippen molar-refractivity contribution in [3.63, 3.8) is 0 Å². The first-order valence-corrected chi connectivity index (χ1v) is 5.84. The number of ether oxygens (including phenoxy) is 2. The van der Waals surface area contributed by atoms with Crippen LogP contribution in [0.3, 0.4) is 0 Å². The summed E-state index contributed by atoms with van der Waals surface area (Å²) in [5.41, 5.74) is 0.968. The summed E-state index contributed by atoms with van der Waals surface area (Å²) in [6.45, 7) is 5.70. The molecular formula is C13H18N2O2. The lowest BCUT2D eigenvalue weighted by Gasteiger charge is -2.17. The van der Waals surface area contributed by atoms with Crippen LogP contribution in [-0.2, 0) is 0 Å². The molecule has 1 aliphatic rings. The van der Waals surface area contributed by atoms with Gasteiger partial charge in [0.15, 0.2) is 11.5 Å². The molecule has 0 saturated heterocycles. The Morgan fingerprint density at radius 2 is 2.18 bits per heavy atom. The molecule has 0 radical (unpaired) electrons. The molecule has 0 aliphatic carbocycles. The Morgan fingerprint density at radius 1 is 1.35 bits per heavy atom. The van der Waals surface area contributed by atoms with Crippen LogP contribution in [0.1, 0.15) is 19.4 Å². The molecule has 1 aromatic carbocycles. The van der Waals surface area contributed by atoms with Gasteiger partial charge in [0.1, 0.15) is 5.84 Å². The number of rotatable bonds is 4. The fourth-order valence-corrected chi connectivity index (χ4v) is 1.80. The topological polar surface area (TPSA) is 42.8 Å². The summed E-state index contributed by atoms with van der Waals surface area (Å²) in [7, 11) is 1.65. The van der Waals surface area contributed by atoms with Crippen LogP contribution in [-0.4, -0.2) is 32.1 Å². The Labute approximate surface area is 102 Å². The Balaban J connectivity index is 2.42. The first kappa shape index (κ1) is 11.8. The fraction of sp³-hybridized carbons (Fsp3) is 0.462. The molecule has 2 rings (SSSR count).